The minimum absolute atomic E-state index is 0.289. The molecular weight excluding hydrogens is 404 g/mol. The van der Waals surface area contributed by atoms with Crippen molar-refractivity contribution in [1.29, 1.82) is 4.78 Å². The zero-order chi connectivity index (χ0) is 20.0. The van der Waals surface area contributed by atoms with E-state index in [1.165, 1.54) is 10.3 Å². The third-order valence-electron chi connectivity index (χ3n) is 5.98. The number of aryl methyl sites for hydroxylation is 1. The summed E-state index contributed by atoms with van der Waals surface area (Å²) in [6.45, 7) is 5.94. The van der Waals surface area contributed by atoms with Crippen LogP contribution in [0.4, 0.5) is 5.95 Å². The number of benzene rings is 1. The van der Waals surface area contributed by atoms with Crippen LogP contribution in [0, 0.1) is 4.78 Å². The second kappa shape index (κ2) is 7.30. The van der Waals surface area contributed by atoms with Crippen LogP contribution in [0.25, 0.3) is 10.2 Å². The van der Waals surface area contributed by atoms with Gasteiger partial charge in [0, 0.05) is 65.9 Å². The van der Waals surface area contributed by atoms with Crippen LogP contribution in [0.3, 0.4) is 0 Å². The summed E-state index contributed by atoms with van der Waals surface area (Å²) in [4.78, 5) is 18.4. The molecule has 1 fully saturated rings. The summed E-state index contributed by atoms with van der Waals surface area (Å²) < 4.78 is 21.1. The molecule has 152 valence electrons. The van der Waals surface area contributed by atoms with E-state index in [1.807, 2.05) is 5.51 Å². The molecule has 0 aliphatic carbocycles. The first-order valence-corrected chi connectivity index (χ1v) is 12.7. The molecule has 9 heteroatoms. The zero-order valence-electron chi connectivity index (χ0n) is 16.4. The number of anilines is 1. The predicted octanol–water partition coefficient (Wildman–Crippen LogP) is 3.07. The molecule has 1 saturated heterocycles. The van der Waals surface area contributed by atoms with E-state index in [0.717, 1.165) is 48.9 Å². The molecule has 1 aromatic carbocycles. The summed E-state index contributed by atoms with van der Waals surface area (Å²) in [7, 11) is -2.49. The quantitative estimate of drug-likeness (QED) is 0.690. The summed E-state index contributed by atoms with van der Waals surface area (Å²) >= 11 is 1.68. The number of thiazole rings is 1. The van der Waals surface area contributed by atoms with Crippen LogP contribution in [0.1, 0.15) is 29.8 Å². The average molecular weight is 429 g/mol. The highest BCUT2D eigenvalue weighted by Gasteiger charge is 2.26. The highest BCUT2D eigenvalue weighted by Crippen LogP contribution is 2.27. The SMILES string of the molecule is CC(c1ccc2scnc2c1)N1CCN(c2ncc3c(n2)CCS(=N)(=O)C3)CC1. The molecule has 0 saturated carbocycles. The lowest BCUT2D eigenvalue weighted by molar-refractivity contribution is 0.198. The van der Waals surface area contributed by atoms with Crippen molar-refractivity contribution in [1.82, 2.24) is 19.9 Å². The van der Waals surface area contributed by atoms with Crippen molar-refractivity contribution in [2.45, 2.75) is 25.1 Å². The van der Waals surface area contributed by atoms with Gasteiger partial charge < -0.3 is 4.90 Å². The van der Waals surface area contributed by atoms with Gasteiger partial charge in [-0.3, -0.25) is 9.68 Å². The van der Waals surface area contributed by atoms with Crippen LogP contribution in [-0.4, -0.2) is 56.0 Å². The van der Waals surface area contributed by atoms with Gasteiger partial charge in [0.15, 0.2) is 0 Å². The molecule has 29 heavy (non-hydrogen) atoms. The van der Waals surface area contributed by atoms with Crippen LogP contribution < -0.4 is 4.90 Å². The van der Waals surface area contributed by atoms with Crippen LogP contribution in [0.5, 0.6) is 0 Å². The molecule has 2 unspecified atom stereocenters. The van der Waals surface area contributed by atoms with Crippen LogP contribution in [0.15, 0.2) is 29.9 Å². The molecular formula is C20H24N6OS2. The topological polar surface area (TPSA) is 86.1 Å². The second-order valence-corrected chi connectivity index (χ2v) is 11.0. The molecule has 2 aromatic heterocycles. The summed E-state index contributed by atoms with van der Waals surface area (Å²) in [5.74, 6) is 1.46. The van der Waals surface area contributed by atoms with Gasteiger partial charge in [-0.2, -0.15) is 0 Å². The average Bonchev–Trinajstić information content (AvgIpc) is 3.20. The van der Waals surface area contributed by atoms with Crippen molar-refractivity contribution >= 4 is 37.2 Å². The van der Waals surface area contributed by atoms with Crippen molar-refractivity contribution in [2.24, 2.45) is 0 Å². The van der Waals surface area contributed by atoms with Gasteiger partial charge in [-0.1, -0.05) is 6.07 Å². The first-order chi connectivity index (χ1) is 14.0. The van der Waals surface area contributed by atoms with Gasteiger partial charge >= 0.3 is 0 Å². The molecule has 2 atom stereocenters. The summed E-state index contributed by atoms with van der Waals surface area (Å²) in [5.41, 5.74) is 6.13. The van der Waals surface area contributed by atoms with Gasteiger partial charge in [0.05, 0.1) is 27.2 Å². The third kappa shape index (κ3) is 3.74. The lowest BCUT2D eigenvalue weighted by Gasteiger charge is -2.38. The molecule has 0 spiro atoms. The standard InChI is InChI=1S/C20H24N6OS2/c1-14(15-2-3-19-18(10-15)23-13-28-19)25-5-7-26(8-6-25)20-22-11-16-12-29(21,27)9-4-17(16)24-20/h2-3,10-11,13-14,21H,4-9,12H2,1H3. The molecule has 2 aliphatic heterocycles. The number of nitrogens with zero attached hydrogens (tertiary/aromatic N) is 5. The Hall–Kier alpha value is -2.10. The molecule has 5 rings (SSSR count). The predicted molar refractivity (Wildman–Crippen MR) is 117 cm³/mol. The van der Waals surface area contributed by atoms with Crippen LogP contribution in [-0.2, 0) is 21.9 Å². The Kier molecular flexibility index (Phi) is 4.76. The number of piperazine rings is 1. The number of hydrogen-bond acceptors (Lipinski definition) is 8. The Bertz CT molecular complexity index is 1150. The maximum Gasteiger partial charge on any atom is 0.225 e. The van der Waals surface area contributed by atoms with Gasteiger partial charge in [0.1, 0.15) is 0 Å². The lowest BCUT2D eigenvalue weighted by atomic mass is 10.1. The van der Waals surface area contributed by atoms with Gasteiger partial charge in [-0.15, -0.1) is 11.3 Å². The second-order valence-electron chi connectivity index (χ2n) is 7.83. The highest BCUT2D eigenvalue weighted by molar-refractivity contribution is 7.91. The van der Waals surface area contributed by atoms with Gasteiger partial charge in [-0.25, -0.2) is 19.2 Å². The normalized spacial score (nSPS) is 23.8. The maximum absolute atomic E-state index is 12.0. The largest absolute Gasteiger partial charge is 0.338 e. The molecule has 4 heterocycles. The minimum atomic E-state index is -2.49. The zero-order valence-corrected chi connectivity index (χ0v) is 18.0. The van der Waals surface area contributed by atoms with E-state index in [0.29, 0.717) is 18.2 Å². The van der Waals surface area contributed by atoms with E-state index in [9.17, 15) is 4.21 Å². The lowest BCUT2D eigenvalue weighted by Crippen LogP contribution is -2.47. The van der Waals surface area contributed by atoms with Crippen LogP contribution in [0.2, 0.25) is 0 Å². The Morgan fingerprint density at radius 2 is 2.03 bits per heavy atom. The molecule has 3 aromatic rings. The minimum Gasteiger partial charge on any atom is -0.338 e. The molecule has 7 nitrogen and oxygen atoms in total. The van der Waals surface area contributed by atoms with Crippen molar-refractivity contribution in [3.05, 3.63) is 46.7 Å². The van der Waals surface area contributed by atoms with E-state index in [4.69, 9.17) is 9.76 Å². The van der Waals surface area contributed by atoms with E-state index in [-0.39, 0.29) is 5.75 Å². The maximum atomic E-state index is 12.0. The van der Waals surface area contributed by atoms with Crippen LogP contribution >= 0.6 is 11.3 Å². The Morgan fingerprint density at radius 1 is 1.21 bits per heavy atom. The Balaban J connectivity index is 1.26. The van der Waals surface area contributed by atoms with E-state index >= 15 is 0 Å². The van der Waals surface area contributed by atoms with Crippen molar-refractivity contribution in [3.63, 3.8) is 0 Å². The Morgan fingerprint density at radius 3 is 2.86 bits per heavy atom. The van der Waals surface area contributed by atoms with E-state index in [1.54, 1.807) is 17.5 Å². The molecule has 0 radical (unpaired) electrons. The van der Waals surface area contributed by atoms with Crippen molar-refractivity contribution in [3.8, 4) is 0 Å². The smallest absolute Gasteiger partial charge is 0.225 e. The summed E-state index contributed by atoms with van der Waals surface area (Å²) in [6, 6.07) is 6.94. The molecule has 0 bridgehead atoms. The third-order valence-corrected chi connectivity index (χ3v) is 8.43. The molecule has 0 amide bonds. The van der Waals surface area contributed by atoms with E-state index < -0.39 is 9.73 Å². The number of fused-ring (bicyclic) bond motifs is 2. The highest BCUT2D eigenvalue weighted by atomic mass is 32.2. The van der Waals surface area contributed by atoms with Gasteiger partial charge in [-0.05, 0) is 24.6 Å². The summed E-state index contributed by atoms with van der Waals surface area (Å²) in [5, 5.41) is 0. The number of hydrogen-bond donors (Lipinski definition) is 1. The van der Waals surface area contributed by atoms with E-state index in [2.05, 4.69) is 44.9 Å². The van der Waals surface area contributed by atoms with Crippen molar-refractivity contribution < 1.29 is 4.21 Å². The fourth-order valence-electron chi connectivity index (χ4n) is 4.16. The van der Waals surface area contributed by atoms with Gasteiger partial charge in [0.25, 0.3) is 0 Å². The number of rotatable bonds is 3. The summed E-state index contributed by atoms with van der Waals surface area (Å²) in [6.07, 6.45) is 2.40. The Labute approximate surface area is 174 Å². The molecule has 1 N–H and O–H groups in total. The first kappa shape index (κ1) is 18.9. The van der Waals surface area contributed by atoms with Crippen molar-refractivity contribution in [2.75, 3.05) is 36.8 Å². The number of nitrogens with one attached hydrogen (secondary N) is 1. The molecule has 2 aliphatic rings. The number of aromatic nitrogens is 3. The first-order valence-electron chi connectivity index (χ1n) is 9.90. The monoisotopic (exact) mass is 428 g/mol. The fourth-order valence-corrected chi connectivity index (χ4v) is 6.23. The van der Waals surface area contributed by atoms with Gasteiger partial charge in [0.2, 0.25) is 5.95 Å². The fraction of sp³-hybridized carbons (Fsp3) is 0.450.